The van der Waals surface area contributed by atoms with Crippen molar-refractivity contribution in [2.45, 2.75) is 63.9 Å². The number of nitrogens with zero attached hydrogens (tertiary/aromatic N) is 3. The summed E-state index contributed by atoms with van der Waals surface area (Å²) in [7, 11) is 1.87. The van der Waals surface area contributed by atoms with Crippen LogP contribution in [0, 0.1) is 6.92 Å². The number of fused-ring (bicyclic) bond motifs is 6. The van der Waals surface area contributed by atoms with Gasteiger partial charge in [0.05, 0.1) is 22.5 Å². The predicted octanol–water partition coefficient (Wildman–Crippen LogP) is 6.82. The fraction of sp³-hybridized carbons (Fsp3) is 0.448. The third-order valence-electron chi connectivity index (χ3n) is 7.30. The number of ether oxygens (including phenoxy) is 2. The molecular formula is C29H35N3O3S. The van der Waals surface area contributed by atoms with Crippen LogP contribution in [0.25, 0.3) is 0 Å². The summed E-state index contributed by atoms with van der Waals surface area (Å²) >= 11 is 1.89. The molecule has 6 nitrogen and oxygen atoms in total. The van der Waals surface area contributed by atoms with Crippen molar-refractivity contribution in [3.63, 3.8) is 0 Å². The van der Waals surface area contributed by atoms with Crippen molar-refractivity contribution in [1.29, 1.82) is 0 Å². The Hall–Kier alpha value is -2.93. The molecule has 2 aromatic carbocycles. The predicted molar refractivity (Wildman–Crippen MR) is 145 cm³/mol. The van der Waals surface area contributed by atoms with Crippen molar-refractivity contribution < 1.29 is 14.3 Å². The molecule has 2 aliphatic rings. The molecule has 36 heavy (non-hydrogen) atoms. The van der Waals surface area contributed by atoms with Crippen molar-refractivity contribution in [2.24, 2.45) is 7.05 Å². The molecule has 0 radical (unpaired) electrons. The molecule has 3 aromatic rings. The first kappa shape index (κ1) is 24.8. The molecule has 0 fully saturated rings. The zero-order valence-electron chi connectivity index (χ0n) is 21.9. The third kappa shape index (κ3) is 3.79. The van der Waals surface area contributed by atoms with Gasteiger partial charge in [-0.1, -0.05) is 44.4 Å². The average molecular weight is 506 g/mol. The Morgan fingerprint density at radius 1 is 1.06 bits per heavy atom. The van der Waals surface area contributed by atoms with Gasteiger partial charge in [0.15, 0.2) is 5.60 Å². The van der Waals surface area contributed by atoms with E-state index in [1.807, 2.05) is 50.0 Å². The van der Waals surface area contributed by atoms with Crippen molar-refractivity contribution in [3.05, 3.63) is 64.3 Å². The van der Waals surface area contributed by atoms with Gasteiger partial charge < -0.3 is 14.4 Å². The molecule has 190 valence electrons. The smallest absolute Gasteiger partial charge is 0.340 e. The molecule has 3 heterocycles. The van der Waals surface area contributed by atoms with Gasteiger partial charge in [-0.15, -0.1) is 11.8 Å². The lowest BCUT2D eigenvalue weighted by Crippen LogP contribution is -2.34. The van der Waals surface area contributed by atoms with Crippen LogP contribution in [0.3, 0.4) is 0 Å². The fourth-order valence-electron chi connectivity index (χ4n) is 5.55. The molecular weight excluding hydrogens is 470 g/mol. The molecule has 0 saturated heterocycles. The number of esters is 1. The van der Waals surface area contributed by atoms with Gasteiger partial charge in [-0.25, -0.2) is 9.48 Å². The van der Waals surface area contributed by atoms with Gasteiger partial charge in [-0.05, 0) is 45.1 Å². The minimum atomic E-state index is -1.08. The largest absolute Gasteiger partial charge is 0.440 e. The zero-order chi connectivity index (χ0) is 25.4. The maximum Gasteiger partial charge on any atom is 0.340 e. The summed E-state index contributed by atoms with van der Waals surface area (Å²) in [6, 6.07) is 12.0. The average Bonchev–Trinajstić information content (AvgIpc) is 3.33. The van der Waals surface area contributed by atoms with E-state index in [9.17, 15) is 4.79 Å². The van der Waals surface area contributed by atoms with Crippen LogP contribution in [0.4, 0.5) is 5.69 Å². The van der Waals surface area contributed by atoms with Gasteiger partial charge in [0, 0.05) is 42.2 Å². The molecule has 0 aliphatic carbocycles. The van der Waals surface area contributed by atoms with Crippen LogP contribution in [-0.2, 0) is 17.4 Å². The maximum atomic E-state index is 13.2. The summed E-state index contributed by atoms with van der Waals surface area (Å²) in [6.45, 7) is 10.4. The number of rotatable bonds is 9. The number of carbonyl (C=O) groups excluding carboxylic acids is 1. The Kier molecular flexibility index (Phi) is 6.77. The van der Waals surface area contributed by atoms with Crippen molar-refractivity contribution >= 4 is 23.4 Å². The highest BCUT2D eigenvalue weighted by molar-refractivity contribution is 7.99. The van der Waals surface area contributed by atoms with E-state index in [1.54, 1.807) is 4.68 Å². The quantitative estimate of drug-likeness (QED) is 0.181. The second-order valence-corrected chi connectivity index (χ2v) is 10.6. The molecule has 1 atom stereocenters. The molecule has 0 amide bonds. The van der Waals surface area contributed by atoms with Gasteiger partial charge in [-0.3, -0.25) is 0 Å². The number of benzene rings is 2. The Bertz CT molecular complexity index is 1300. The second-order valence-electron chi connectivity index (χ2n) is 9.51. The monoisotopic (exact) mass is 505 g/mol. The van der Waals surface area contributed by atoms with Crippen LogP contribution < -0.4 is 9.64 Å². The fourth-order valence-corrected chi connectivity index (χ4v) is 6.65. The summed E-state index contributed by atoms with van der Waals surface area (Å²) in [5, 5.41) is 4.67. The number of thioether (sulfide) groups is 1. The van der Waals surface area contributed by atoms with Crippen molar-refractivity contribution in [2.75, 3.05) is 23.7 Å². The molecule has 7 heteroatoms. The maximum absolute atomic E-state index is 13.2. The molecule has 0 bridgehead atoms. The summed E-state index contributed by atoms with van der Waals surface area (Å²) < 4.78 is 14.7. The van der Waals surface area contributed by atoms with E-state index in [0.29, 0.717) is 17.2 Å². The SMILES string of the molecule is CCCCCCSc1cc2c(cc1N(CC)CC)Oc1c(c(C)nn1C)C21OC(=O)c2ccccc21. The minimum absolute atomic E-state index is 0.311. The number of anilines is 1. The number of hydrogen-bond acceptors (Lipinski definition) is 6. The molecule has 5 rings (SSSR count). The number of hydrogen-bond donors (Lipinski definition) is 0. The number of aromatic nitrogens is 2. The first-order valence-corrected chi connectivity index (χ1v) is 14.1. The van der Waals surface area contributed by atoms with Gasteiger partial charge in [0.1, 0.15) is 5.75 Å². The Morgan fingerprint density at radius 2 is 1.83 bits per heavy atom. The lowest BCUT2D eigenvalue weighted by Gasteiger charge is -2.36. The lowest BCUT2D eigenvalue weighted by molar-refractivity contribution is 0.0220. The van der Waals surface area contributed by atoms with Crippen LogP contribution in [-0.4, -0.2) is 34.6 Å². The van der Waals surface area contributed by atoms with E-state index in [-0.39, 0.29) is 5.97 Å². The molecule has 0 saturated carbocycles. The van der Waals surface area contributed by atoms with Crippen LogP contribution in [0.5, 0.6) is 11.6 Å². The zero-order valence-corrected chi connectivity index (χ0v) is 22.7. The highest BCUT2D eigenvalue weighted by Gasteiger charge is 2.56. The summed E-state index contributed by atoms with van der Waals surface area (Å²) in [6.07, 6.45) is 4.91. The van der Waals surface area contributed by atoms with E-state index in [4.69, 9.17) is 9.47 Å². The molecule has 1 aromatic heterocycles. The first-order valence-electron chi connectivity index (χ1n) is 13.1. The first-order chi connectivity index (χ1) is 17.5. The van der Waals surface area contributed by atoms with Gasteiger partial charge in [0.25, 0.3) is 0 Å². The highest BCUT2D eigenvalue weighted by Crippen LogP contribution is 2.58. The van der Waals surface area contributed by atoms with Crippen LogP contribution in [0.1, 0.15) is 79.2 Å². The van der Waals surface area contributed by atoms with Crippen LogP contribution in [0.2, 0.25) is 0 Å². The summed E-state index contributed by atoms with van der Waals surface area (Å²) in [5.41, 5.74) is 4.02. The van der Waals surface area contributed by atoms with Crippen molar-refractivity contribution in [1.82, 2.24) is 9.78 Å². The standard InChI is InChI=1S/C29H35N3O3S/c1-6-9-10-13-16-36-25-17-22-24(18-23(25)32(7-2)8-3)34-27-26(19(4)30-31(27)5)29(22)21-15-12-11-14-20(21)28(33)35-29/h11-12,14-15,17-18H,6-10,13,16H2,1-5H3. The van der Waals surface area contributed by atoms with Crippen LogP contribution in [0.15, 0.2) is 41.3 Å². The van der Waals surface area contributed by atoms with Crippen molar-refractivity contribution in [3.8, 4) is 11.6 Å². The normalized spacial score (nSPS) is 17.4. The number of carbonyl (C=O) groups is 1. The van der Waals surface area contributed by atoms with Gasteiger partial charge >= 0.3 is 5.97 Å². The van der Waals surface area contributed by atoms with Gasteiger partial charge in [0.2, 0.25) is 5.88 Å². The van der Waals surface area contributed by atoms with E-state index in [0.717, 1.165) is 46.9 Å². The summed E-state index contributed by atoms with van der Waals surface area (Å²) in [4.78, 5) is 16.8. The lowest BCUT2D eigenvalue weighted by atomic mass is 9.78. The number of aryl methyl sites for hydroxylation is 2. The molecule has 1 unspecified atom stereocenters. The Labute approximate surface area is 218 Å². The Balaban J connectivity index is 1.72. The van der Waals surface area contributed by atoms with Crippen LogP contribution >= 0.6 is 11.8 Å². The Morgan fingerprint density at radius 3 is 2.58 bits per heavy atom. The summed E-state index contributed by atoms with van der Waals surface area (Å²) in [5.74, 6) is 2.07. The topological polar surface area (TPSA) is 56.6 Å². The van der Waals surface area contributed by atoms with E-state index < -0.39 is 5.60 Å². The molecule has 2 aliphatic heterocycles. The van der Waals surface area contributed by atoms with E-state index >= 15 is 0 Å². The third-order valence-corrected chi connectivity index (χ3v) is 8.43. The van der Waals surface area contributed by atoms with Gasteiger partial charge in [-0.2, -0.15) is 5.10 Å². The molecule has 1 spiro atoms. The second kappa shape index (κ2) is 9.85. The number of unbranched alkanes of at least 4 members (excludes halogenated alkanes) is 3. The minimum Gasteiger partial charge on any atom is -0.440 e. The molecule has 0 N–H and O–H groups in total. The highest BCUT2D eigenvalue weighted by atomic mass is 32.2. The van der Waals surface area contributed by atoms with E-state index in [1.165, 1.54) is 30.6 Å². The van der Waals surface area contributed by atoms with E-state index in [2.05, 4.69) is 42.9 Å².